The van der Waals surface area contributed by atoms with E-state index >= 15 is 0 Å². The van der Waals surface area contributed by atoms with Gasteiger partial charge in [0, 0.05) is 6.54 Å². The summed E-state index contributed by atoms with van der Waals surface area (Å²) in [7, 11) is 0. The van der Waals surface area contributed by atoms with Crippen LogP contribution in [0.4, 0.5) is 0 Å². The average molecular weight is 329 g/mol. The summed E-state index contributed by atoms with van der Waals surface area (Å²) in [5, 5.41) is 20.0. The number of nitriles is 1. The van der Waals surface area contributed by atoms with E-state index in [0.29, 0.717) is 12.3 Å². The summed E-state index contributed by atoms with van der Waals surface area (Å²) < 4.78 is 0. The van der Waals surface area contributed by atoms with E-state index in [2.05, 4.69) is 24.1 Å². The van der Waals surface area contributed by atoms with Crippen LogP contribution in [0.2, 0.25) is 0 Å². The van der Waals surface area contributed by atoms with Crippen molar-refractivity contribution in [2.75, 3.05) is 19.6 Å². The van der Waals surface area contributed by atoms with Gasteiger partial charge in [0.1, 0.15) is 0 Å². The SMILES string of the molecule is C=C/C=C\C(=C)C(O)CCN1CCC(C#N)(C2CCCCC2)CC1. The highest BCUT2D eigenvalue weighted by Crippen LogP contribution is 2.45. The maximum absolute atomic E-state index is 10.2. The Labute approximate surface area is 147 Å². The maximum atomic E-state index is 10.2. The summed E-state index contributed by atoms with van der Waals surface area (Å²) in [4.78, 5) is 2.39. The molecule has 2 fully saturated rings. The summed E-state index contributed by atoms with van der Waals surface area (Å²) in [6.07, 6.45) is 13.9. The van der Waals surface area contributed by atoms with Crippen molar-refractivity contribution in [3.8, 4) is 6.07 Å². The number of hydrogen-bond donors (Lipinski definition) is 1. The molecule has 1 atom stereocenters. The highest BCUT2D eigenvalue weighted by molar-refractivity contribution is 5.21. The molecule has 1 heterocycles. The lowest BCUT2D eigenvalue weighted by Crippen LogP contribution is -2.44. The first kappa shape index (κ1) is 19.0. The molecule has 2 aliphatic rings. The van der Waals surface area contributed by atoms with Crippen LogP contribution >= 0.6 is 0 Å². The summed E-state index contributed by atoms with van der Waals surface area (Å²) in [5.74, 6) is 0.604. The van der Waals surface area contributed by atoms with Crippen LogP contribution < -0.4 is 0 Å². The minimum absolute atomic E-state index is 0.0914. The molecule has 1 unspecified atom stereocenters. The summed E-state index contributed by atoms with van der Waals surface area (Å²) in [6, 6.07) is 2.71. The van der Waals surface area contributed by atoms with Crippen LogP contribution in [0.1, 0.15) is 51.4 Å². The van der Waals surface area contributed by atoms with Gasteiger partial charge in [-0.2, -0.15) is 5.26 Å². The van der Waals surface area contributed by atoms with Crippen LogP contribution in [-0.4, -0.2) is 35.7 Å². The highest BCUT2D eigenvalue weighted by atomic mass is 16.3. The zero-order chi connectivity index (χ0) is 17.4. The molecule has 0 amide bonds. The van der Waals surface area contributed by atoms with E-state index in [9.17, 15) is 10.4 Å². The molecule has 24 heavy (non-hydrogen) atoms. The number of aliphatic hydroxyl groups is 1. The highest BCUT2D eigenvalue weighted by Gasteiger charge is 2.41. The first-order chi connectivity index (χ1) is 11.6. The van der Waals surface area contributed by atoms with Crippen molar-refractivity contribution in [2.24, 2.45) is 11.3 Å². The topological polar surface area (TPSA) is 47.3 Å². The third-order valence-corrected chi connectivity index (χ3v) is 5.95. The number of piperidine rings is 1. The molecule has 1 N–H and O–H groups in total. The number of nitrogens with zero attached hydrogens (tertiary/aromatic N) is 2. The van der Waals surface area contributed by atoms with Crippen LogP contribution in [0.25, 0.3) is 0 Å². The van der Waals surface area contributed by atoms with Gasteiger partial charge in [0.15, 0.2) is 0 Å². The van der Waals surface area contributed by atoms with Gasteiger partial charge in [0.2, 0.25) is 0 Å². The molecule has 2 rings (SSSR count). The Morgan fingerprint density at radius 2 is 1.96 bits per heavy atom. The predicted octanol–water partition coefficient (Wildman–Crippen LogP) is 4.22. The van der Waals surface area contributed by atoms with Crippen LogP contribution in [-0.2, 0) is 0 Å². The van der Waals surface area contributed by atoms with Crippen LogP contribution in [0, 0.1) is 22.7 Å². The van der Waals surface area contributed by atoms with Crippen LogP contribution in [0.3, 0.4) is 0 Å². The van der Waals surface area contributed by atoms with Crippen molar-refractivity contribution in [2.45, 2.75) is 57.5 Å². The molecule has 0 aromatic heterocycles. The summed E-state index contributed by atoms with van der Waals surface area (Å²) in [6.45, 7) is 10.4. The Morgan fingerprint density at radius 1 is 1.29 bits per heavy atom. The minimum atomic E-state index is -0.498. The fourth-order valence-corrected chi connectivity index (χ4v) is 4.24. The number of allylic oxidation sites excluding steroid dienone is 2. The number of likely N-dealkylation sites (tertiary alicyclic amines) is 1. The molecule has 0 bridgehead atoms. The molecule has 132 valence electrons. The largest absolute Gasteiger partial charge is 0.388 e. The van der Waals surface area contributed by atoms with E-state index in [1.165, 1.54) is 32.1 Å². The van der Waals surface area contributed by atoms with E-state index in [4.69, 9.17) is 0 Å². The molecule has 1 aliphatic heterocycles. The Hall–Kier alpha value is -1.37. The summed E-state index contributed by atoms with van der Waals surface area (Å²) in [5.41, 5.74) is 0.645. The van der Waals surface area contributed by atoms with E-state index in [0.717, 1.165) is 38.0 Å². The average Bonchev–Trinajstić information content (AvgIpc) is 2.65. The third kappa shape index (κ3) is 4.82. The van der Waals surface area contributed by atoms with Gasteiger partial charge in [-0.15, -0.1) is 0 Å². The lowest BCUT2D eigenvalue weighted by Gasteiger charge is -2.43. The lowest BCUT2D eigenvalue weighted by atomic mass is 9.65. The number of aliphatic hydroxyl groups excluding tert-OH is 1. The zero-order valence-corrected chi connectivity index (χ0v) is 14.9. The van der Waals surface area contributed by atoms with Crippen molar-refractivity contribution in [3.05, 3.63) is 37.0 Å². The van der Waals surface area contributed by atoms with E-state index < -0.39 is 6.10 Å². The molecule has 3 nitrogen and oxygen atoms in total. The van der Waals surface area contributed by atoms with Gasteiger partial charge in [0.05, 0.1) is 17.6 Å². The molecular weight excluding hydrogens is 296 g/mol. The molecule has 0 spiro atoms. The van der Waals surface area contributed by atoms with E-state index in [1.807, 2.05) is 6.08 Å². The number of rotatable bonds is 7. The smallest absolute Gasteiger partial charge is 0.0796 e. The van der Waals surface area contributed by atoms with Gasteiger partial charge in [-0.1, -0.05) is 50.6 Å². The zero-order valence-electron chi connectivity index (χ0n) is 14.9. The van der Waals surface area contributed by atoms with Crippen molar-refractivity contribution in [1.82, 2.24) is 4.90 Å². The Kier molecular flexibility index (Phi) is 7.27. The molecule has 0 radical (unpaired) electrons. The first-order valence-corrected chi connectivity index (χ1v) is 9.41. The Balaban J connectivity index is 1.79. The fourth-order valence-electron chi connectivity index (χ4n) is 4.24. The molecule has 0 aromatic rings. The fraction of sp³-hybridized carbons (Fsp3) is 0.667. The Morgan fingerprint density at radius 3 is 2.54 bits per heavy atom. The van der Waals surface area contributed by atoms with E-state index in [-0.39, 0.29) is 5.41 Å². The second kappa shape index (κ2) is 9.20. The quantitative estimate of drug-likeness (QED) is 0.712. The lowest BCUT2D eigenvalue weighted by molar-refractivity contribution is 0.0679. The van der Waals surface area contributed by atoms with Gasteiger partial charge in [-0.05, 0) is 56.7 Å². The second-order valence-corrected chi connectivity index (χ2v) is 7.42. The molecule has 3 heteroatoms. The third-order valence-electron chi connectivity index (χ3n) is 5.95. The standard InChI is InChI=1S/C21H32N2O/c1-3-4-8-18(2)20(24)11-14-23-15-12-21(17-22,13-16-23)19-9-6-5-7-10-19/h3-4,8,19-20,24H,1-2,5-7,9-16H2/b8-4-. The normalized spacial score (nSPS) is 23.7. The Bertz CT molecular complexity index is 488. The molecule has 1 saturated heterocycles. The van der Waals surface area contributed by atoms with Crippen molar-refractivity contribution >= 4 is 0 Å². The van der Waals surface area contributed by atoms with Crippen molar-refractivity contribution < 1.29 is 5.11 Å². The second-order valence-electron chi connectivity index (χ2n) is 7.42. The molecule has 0 aromatic carbocycles. The van der Waals surface area contributed by atoms with E-state index in [1.54, 1.807) is 12.2 Å². The number of hydrogen-bond acceptors (Lipinski definition) is 3. The predicted molar refractivity (Wildman–Crippen MR) is 99.4 cm³/mol. The van der Waals surface area contributed by atoms with Gasteiger partial charge >= 0.3 is 0 Å². The van der Waals surface area contributed by atoms with Crippen LogP contribution in [0.5, 0.6) is 0 Å². The molecule has 1 aliphatic carbocycles. The van der Waals surface area contributed by atoms with Gasteiger partial charge in [0.25, 0.3) is 0 Å². The van der Waals surface area contributed by atoms with Crippen LogP contribution in [0.15, 0.2) is 37.0 Å². The van der Waals surface area contributed by atoms with Gasteiger partial charge < -0.3 is 10.0 Å². The monoisotopic (exact) mass is 328 g/mol. The summed E-state index contributed by atoms with van der Waals surface area (Å²) >= 11 is 0. The van der Waals surface area contributed by atoms with Gasteiger partial charge in [-0.3, -0.25) is 0 Å². The van der Waals surface area contributed by atoms with Crippen molar-refractivity contribution in [1.29, 1.82) is 5.26 Å². The first-order valence-electron chi connectivity index (χ1n) is 9.41. The van der Waals surface area contributed by atoms with Crippen molar-refractivity contribution in [3.63, 3.8) is 0 Å². The maximum Gasteiger partial charge on any atom is 0.0796 e. The molecular formula is C21H32N2O. The molecule has 1 saturated carbocycles. The minimum Gasteiger partial charge on any atom is -0.388 e. The van der Waals surface area contributed by atoms with Gasteiger partial charge in [-0.25, -0.2) is 0 Å².